The first-order valence-electron chi connectivity index (χ1n) is 6.35. The highest BCUT2D eigenvalue weighted by Gasteiger charge is 2.21. The predicted molar refractivity (Wildman–Crippen MR) is 73.3 cm³/mol. The fourth-order valence-electron chi connectivity index (χ4n) is 1.61. The van der Waals surface area contributed by atoms with Crippen molar-refractivity contribution in [2.45, 2.75) is 33.0 Å². The molecule has 2 N–H and O–H groups in total. The summed E-state index contributed by atoms with van der Waals surface area (Å²) in [5, 5.41) is 9.71. The topological polar surface area (TPSA) is 61.8 Å². The molecule has 0 aliphatic rings. The van der Waals surface area contributed by atoms with E-state index in [-0.39, 0.29) is 12.6 Å². The normalized spacial score (nSPS) is 11.2. The largest absolute Gasteiger partial charge is 0.389 e. The maximum absolute atomic E-state index is 11.8. The van der Waals surface area contributed by atoms with E-state index in [9.17, 15) is 9.90 Å². The second-order valence-electron chi connectivity index (χ2n) is 5.01. The molecule has 0 heterocycles. The molecule has 2 amide bonds. The van der Waals surface area contributed by atoms with Gasteiger partial charge in [0.25, 0.3) is 0 Å². The van der Waals surface area contributed by atoms with E-state index in [4.69, 9.17) is 4.84 Å². The molecule has 0 bridgehead atoms. The van der Waals surface area contributed by atoms with Crippen molar-refractivity contribution in [2.24, 2.45) is 0 Å². The zero-order valence-corrected chi connectivity index (χ0v) is 11.7. The van der Waals surface area contributed by atoms with E-state index in [0.717, 1.165) is 5.56 Å². The number of likely N-dealkylation sites (N-methyl/N-ethyl adjacent to an activating group) is 1. The van der Waals surface area contributed by atoms with Crippen LogP contribution >= 0.6 is 0 Å². The molecule has 0 saturated heterocycles. The molecule has 0 radical (unpaired) electrons. The lowest BCUT2D eigenvalue weighted by Crippen LogP contribution is -2.46. The molecule has 5 heteroatoms. The Kier molecular flexibility index (Phi) is 5.79. The van der Waals surface area contributed by atoms with Gasteiger partial charge in [-0.2, -0.15) is 0 Å². The van der Waals surface area contributed by atoms with Crippen molar-refractivity contribution in [3.05, 3.63) is 35.9 Å². The first kappa shape index (κ1) is 15.5. The summed E-state index contributed by atoms with van der Waals surface area (Å²) in [5.74, 6) is 0. The van der Waals surface area contributed by atoms with Crippen LogP contribution in [0.25, 0.3) is 0 Å². The van der Waals surface area contributed by atoms with Crippen molar-refractivity contribution in [1.29, 1.82) is 0 Å². The fraction of sp³-hybridized carbons (Fsp3) is 0.500. The zero-order chi connectivity index (χ0) is 14.3. The molecular formula is C14H22N2O3. The van der Waals surface area contributed by atoms with Gasteiger partial charge < -0.3 is 10.0 Å². The number of urea groups is 1. The second kappa shape index (κ2) is 7.11. The minimum atomic E-state index is -0.924. The molecule has 106 valence electrons. The van der Waals surface area contributed by atoms with Crippen molar-refractivity contribution in [3.63, 3.8) is 0 Å². The number of amides is 2. The SMILES string of the molecule is CCN(CC(C)(C)O)C(=O)NOCc1ccccc1. The summed E-state index contributed by atoms with van der Waals surface area (Å²) in [5.41, 5.74) is 2.44. The van der Waals surface area contributed by atoms with Crippen molar-refractivity contribution < 1.29 is 14.7 Å². The summed E-state index contributed by atoms with van der Waals surface area (Å²) in [4.78, 5) is 18.5. The number of nitrogens with one attached hydrogen (secondary N) is 1. The maximum Gasteiger partial charge on any atom is 0.341 e. The van der Waals surface area contributed by atoms with E-state index in [2.05, 4.69) is 5.48 Å². The second-order valence-corrected chi connectivity index (χ2v) is 5.01. The van der Waals surface area contributed by atoms with Crippen LogP contribution in [0.15, 0.2) is 30.3 Å². The Labute approximate surface area is 114 Å². The van der Waals surface area contributed by atoms with Crippen LogP contribution in [-0.4, -0.2) is 34.7 Å². The lowest BCUT2D eigenvalue weighted by Gasteiger charge is -2.27. The first-order valence-corrected chi connectivity index (χ1v) is 6.35. The van der Waals surface area contributed by atoms with Crippen LogP contribution in [0.5, 0.6) is 0 Å². The smallest absolute Gasteiger partial charge is 0.341 e. The number of hydroxylamine groups is 1. The number of hydrogen-bond donors (Lipinski definition) is 2. The first-order chi connectivity index (χ1) is 8.92. The van der Waals surface area contributed by atoms with Crippen LogP contribution in [-0.2, 0) is 11.4 Å². The number of benzene rings is 1. The molecule has 0 fully saturated rings. The lowest BCUT2D eigenvalue weighted by molar-refractivity contribution is 0.0158. The molecule has 0 saturated carbocycles. The summed E-state index contributed by atoms with van der Waals surface area (Å²) >= 11 is 0. The van der Waals surface area contributed by atoms with Gasteiger partial charge in [-0.1, -0.05) is 30.3 Å². The van der Waals surface area contributed by atoms with Gasteiger partial charge in [-0.3, -0.25) is 4.84 Å². The Balaban J connectivity index is 2.37. The van der Waals surface area contributed by atoms with Gasteiger partial charge in [0.1, 0.15) is 0 Å². The molecular weight excluding hydrogens is 244 g/mol. The van der Waals surface area contributed by atoms with Gasteiger partial charge in [0.15, 0.2) is 0 Å². The Bertz CT molecular complexity index is 387. The Morgan fingerprint density at radius 3 is 2.53 bits per heavy atom. The standard InChI is InChI=1S/C14H22N2O3/c1-4-16(11-14(2,3)18)13(17)15-19-10-12-8-6-5-7-9-12/h5-9,18H,4,10-11H2,1-3H3,(H,15,17). The number of rotatable bonds is 6. The molecule has 5 nitrogen and oxygen atoms in total. The highest BCUT2D eigenvalue weighted by atomic mass is 16.7. The number of aliphatic hydroxyl groups is 1. The highest BCUT2D eigenvalue weighted by Crippen LogP contribution is 2.05. The van der Waals surface area contributed by atoms with Crippen LogP contribution < -0.4 is 5.48 Å². The third-order valence-electron chi connectivity index (χ3n) is 2.49. The average molecular weight is 266 g/mol. The average Bonchev–Trinajstić information content (AvgIpc) is 2.36. The third-order valence-corrected chi connectivity index (χ3v) is 2.49. The van der Waals surface area contributed by atoms with Gasteiger partial charge in [-0.05, 0) is 26.3 Å². The molecule has 1 aromatic carbocycles. The number of carbonyl (C=O) groups is 1. The molecule has 1 rings (SSSR count). The fourth-order valence-corrected chi connectivity index (χ4v) is 1.61. The van der Waals surface area contributed by atoms with Gasteiger partial charge >= 0.3 is 6.03 Å². The van der Waals surface area contributed by atoms with E-state index >= 15 is 0 Å². The molecule has 19 heavy (non-hydrogen) atoms. The van der Waals surface area contributed by atoms with Gasteiger partial charge in [-0.25, -0.2) is 10.3 Å². The Morgan fingerprint density at radius 1 is 1.37 bits per heavy atom. The van der Waals surface area contributed by atoms with Gasteiger partial charge in [0.2, 0.25) is 0 Å². The quantitative estimate of drug-likeness (QED) is 0.773. The van der Waals surface area contributed by atoms with Gasteiger partial charge in [0, 0.05) is 6.54 Å². The predicted octanol–water partition coefficient (Wildman–Crippen LogP) is 1.92. The maximum atomic E-state index is 11.8. The summed E-state index contributed by atoms with van der Waals surface area (Å²) in [6.07, 6.45) is 0. The zero-order valence-electron chi connectivity index (χ0n) is 11.7. The summed E-state index contributed by atoms with van der Waals surface area (Å²) < 4.78 is 0. The van der Waals surface area contributed by atoms with Gasteiger partial charge in [0.05, 0.1) is 18.8 Å². The van der Waals surface area contributed by atoms with E-state index in [1.807, 2.05) is 37.3 Å². The monoisotopic (exact) mass is 266 g/mol. The number of hydrogen-bond acceptors (Lipinski definition) is 3. The van der Waals surface area contributed by atoms with Crippen LogP contribution in [0.3, 0.4) is 0 Å². The lowest BCUT2D eigenvalue weighted by atomic mass is 10.1. The summed E-state index contributed by atoms with van der Waals surface area (Å²) in [7, 11) is 0. The molecule has 0 aliphatic carbocycles. The van der Waals surface area contributed by atoms with Crippen molar-refractivity contribution in [2.75, 3.05) is 13.1 Å². The van der Waals surface area contributed by atoms with Crippen molar-refractivity contribution >= 4 is 6.03 Å². The number of carbonyl (C=O) groups excluding carboxylic acids is 1. The van der Waals surface area contributed by atoms with E-state index in [1.165, 1.54) is 4.90 Å². The summed E-state index contributed by atoms with van der Waals surface area (Å²) in [6.45, 7) is 6.24. The van der Waals surface area contributed by atoms with E-state index < -0.39 is 5.60 Å². The molecule has 0 unspecified atom stereocenters. The minimum absolute atomic E-state index is 0.254. The van der Waals surface area contributed by atoms with Crippen molar-refractivity contribution in [1.82, 2.24) is 10.4 Å². The van der Waals surface area contributed by atoms with Crippen LogP contribution in [0.4, 0.5) is 4.79 Å². The molecule has 0 aliphatic heterocycles. The third kappa shape index (κ3) is 6.22. The van der Waals surface area contributed by atoms with E-state index in [0.29, 0.717) is 13.2 Å². The van der Waals surface area contributed by atoms with Gasteiger partial charge in [-0.15, -0.1) is 0 Å². The summed E-state index contributed by atoms with van der Waals surface area (Å²) in [6, 6.07) is 9.23. The molecule has 0 atom stereocenters. The van der Waals surface area contributed by atoms with Crippen molar-refractivity contribution in [3.8, 4) is 0 Å². The molecule has 0 spiro atoms. The Hall–Kier alpha value is -1.59. The highest BCUT2D eigenvalue weighted by molar-refractivity contribution is 5.73. The van der Waals surface area contributed by atoms with Crippen LogP contribution in [0.1, 0.15) is 26.3 Å². The Morgan fingerprint density at radius 2 is 2.00 bits per heavy atom. The number of nitrogens with zero attached hydrogens (tertiary/aromatic N) is 1. The van der Waals surface area contributed by atoms with Crippen LogP contribution in [0, 0.1) is 0 Å². The molecule has 1 aromatic rings. The molecule has 0 aromatic heterocycles. The van der Waals surface area contributed by atoms with E-state index in [1.54, 1.807) is 13.8 Å². The minimum Gasteiger partial charge on any atom is -0.389 e. The van der Waals surface area contributed by atoms with Crippen LogP contribution in [0.2, 0.25) is 0 Å².